The average molecular weight is 454 g/mol. The Morgan fingerprint density at radius 1 is 1.13 bits per heavy atom. The molecule has 158 valence electrons. The van der Waals surface area contributed by atoms with Crippen molar-refractivity contribution in [3.05, 3.63) is 71.0 Å². The van der Waals surface area contributed by atoms with E-state index in [9.17, 15) is 13.2 Å². The molecule has 1 N–H and O–H groups in total. The van der Waals surface area contributed by atoms with E-state index < -0.39 is 9.84 Å². The molecule has 0 radical (unpaired) electrons. The monoisotopic (exact) mass is 453 g/mol. The Balaban J connectivity index is 1.60. The third-order valence-electron chi connectivity index (χ3n) is 4.55. The lowest BCUT2D eigenvalue weighted by molar-refractivity contribution is 0.101. The first-order valence-electron chi connectivity index (χ1n) is 9.28. The first-order valence-corrected chi connectivity index (χ1v) is 12.1. The molecule has 0 aliphatic rings. The number of pyridine rings is 1. The van der Waals surface area contributed by atoms with Gasteiger partial charge in [0.15, 0.2) is 15.0 Å². The maximum absolute atomic E-state index is 12.9. The van der Waals surface area contributed by atoms with E-state index in [1.54, 1.807) is 31.3 Å². The highest BCUT2D eigenvalue weighted by atomic mass is 32.2. The Hall–Kier alpha value is -3.37. The van der Waals surface area contributed by atoms with Crippen molar-refractivity contribution < 1.29 is 13.2 Å². The van der Waals surface area contributed by atoms with Crippen molar-refractivity contribution >= 4 is 32.2 Å². The van der Waals surface area contributed by atoms with Crippen LogP contribution in [0.2, 0.25) is 0 Å². The van der Waals surface area contributed by atoms with Crippen LogP contribution in [-0.2, 0) is 9.84 Å². The fourth-order valence-corrected chi connectivity index (χ4v) is 4.37. The Bertz CT molecular complexity index is 1370. The molecule has 0 saturated carbocycles. The van der Waals surface area contributed by atoms with Crippen molar-refractivity contribution in [2.45, 2.75) is 18.7 Å². The minimum Gasteiger partial charge on any atom is -0.296 e. The second kappa shape index (κ2) is 8.05. The summed E-state index contributed by atoms with van der Waals surface area (Å²) in [6.07, 6.45) is 2.85. The van der Waals surface area contributed by atoms with Crippen LogP contribution in [-0.4, -0.2) is 40.3 Å². The Morgan fingerprint density at radius 3 is 2.55 bits per heavy atom. The number of thiazole rings is 1. The number of rotatable bonds is 5. The number of sulfone groups is 1. The summed E-state index contributed by atoms with van der Waals surface area (Å²) in [6, 6.07) is 11.7. The summed E-state index contributed by atoms with van der Waals surface area (Å²) in [7, 11) is -3.31. The number of aromatic nitrogens is 4. The summed E-state index contributed by atoms with van der Waals surface area (Å²) in [5.74, 6) is -0.369. The Kier molecular flexibility index (Phi) is 5.42. The van der Waals surface area contributed by atoms with Crippen LogP contribution in [0.5, 0.6) is 0 Å². The van der Waals surface area contributed by atoms with Crippen molar-refractivity contribution in [1.82, 2.24) is 19.7 Å². The summed E-state index contributed by atoms with van der Waals surface area (Å²) in [5.41, 5.74) is 4.01. The van der Waals surface area contributed by atoms with Crippen molar-refractivity contribution in [2.24, 2.45) is 0 Å². The fourth-order valence-electron chi connectivity index (χ4n) is 3.05. The van der Waals surface area contributed by atoms with Crippen LogP contribution in [0.3, 0.4) is 0 Å². The van der Waals surface area contributed by atoms with Gasteiger partial charge in [-0.05, 0) is 55.8 Å². The van der Waals surface area contributed by atoms with Crippen LogP contribution >= 0.6 is 11.3 Å². The van der Waals surface area contributed by atoms with Crippen molar-refractivity contribution in [2.75, 3.05) is 11.6 Å². The molecule has 0 bridgehead atoms. The van der Waals surface area contributed by atoms with E-state index in [-0.39, 0.29) is 10.8 Å². The molecular weight excluding hydrogens is 434 g/mol. The summed E-state index contributed by atoms with van der Waals surface area (Å²) < 4.78 is 24.9. The van der Waals surface area contributed by atoms with Crippen molar-refractivity contribution in [3.63, 3.8) is 0 Å². The SMILES string of the molecule is Cc1cc(C(=O)Nc2nc(-c3ncccc3C)cs2)n(-c2ccc(S(C)(=O)=O)cc2)n1. The topological polar surface area (TPSA) is 107 Å². The number of amides is 1. The van der Waals surface area contributed by atoms with Gasteiger partial charge in [0.2, 0.25) is 0 Å². The molecule has 10 heteroatoms. The van der Waals surface area contributed by atoms with E-state index in [0.717, 1.165) is 17.5 Å². The maximum Gasteiger partial charge on any atom is 0.276 e. The standard InChI is InChI=1S/C21H19N5O3S2/c1-13-5-4-10-22-19(13)17-12-30-21(23-17)24-20(27)18-11-14(2)25-26(18)15-6-8-16(9-7-15)31(3,28)29/h4-12H,1-3H3,(H,23,24,27). The molecule has 0 atom stereocenters. The second-order valence-electron chi connectivity index (χ2n) is 7.01. The van der Waals surface area contributed by atoms with Crippen LogP contribution in [0.1, 0.15) is 21.7 Å². The van der Waals surface area contributed by atoms with Gasteiger partial charge in [-0.15, -0.1) is 11.3 Å². The van der Waals surface area contributed by atoms with E-state index in [0.29, 0.717) is 27.9 Å². The highest BCUT2D eigenvalue weighted by Crippen LogP contribution is 2.26. The van der Waals surface area contributed by atoms with Gasteiger partial charge in [0.05, 0.1) is 22.0 Å². The minimum atomic E-state index is -3.31. The smallest absolute Gasteiger partial charge is 0.276 e. The third kappa shape index (κ3) is 4.39. The van der Waals surface area contributed by atoms with Crippen LogP contribution in [0.4, 0.5) is 5.13 Å². The second-order valence-corrected chi connectivity index (χ2v) is 9.88. The van der Waals surface area contributed by atoms with E-state index in [1.807, 2.05) is 24.4 Å². The van der Waals surface area contributed by atoms with Gasteiger partial charge in [-0.1, -0.05) is 6.07 Å². The molecule has 0 aliphatic carbocycles. The molecule has 0 unspecified atom stereocenters. The molecule has 4 rings (SSSR count). The van der Waals surface area contributed by atoms with Gasteiger partial charge in [-0.3, -0.25) is 15.1 Å². The van der Waals surface area contributed by atoms with Crippen LogP contribution in [0, 0.1) is 13.8 Å². The lowest BCUT2D eigenvalue weighted by Gasteiger charge is -2.08. The predicted octanol–water partition coefficient (Wildman–Crippen LogP) is 3.66. The van der Waals surface area contributed by atoms with Gasteiger partial charge in [0, 0.05) is 17.8 Å². The highest BCUT2D eigenvalue weighted by molar-refractivity contribution is 7.90. The van der Waals surface area contributed by atoms with Crippen LogP contribution in [0.25, 0.3) is 17.1 Å². The Labute approximate surface area is 183 Å². The Morgan fingerprint density at radius 2 is 1.87 bits per heavy atom. The average Bonchev–Trinajstić information content (AvgIpc) is 3.34. The molecule has 0 spiro atoms. The number of aryl methyl sites for hydroxylation is 2. The molecule has 1 aromatic carbocycles. The number of nitrogens with one attached hydrogen (secondary N) is 1. The van der Waals surface area contributed by atoms with E-state index in [2.05, 4.69) is 20.4 Å². The molecule has 1 amide bonds. The van der Waals surface area contributed by atoms with Crippen molar-refractivity contribution in [3.8, 4) is 17.1 Å². The number of nitrogens with zero attached hydrogens (tertiary/aromatic N) is 4. The summed E-state index contributed by atoms with van der Waals surface area (Å²) in [4.78, 5) is 22.0. The third-order valence-corrected chi connectivity index (χ3v) is 6.44. The number of carbonyl (C=O) groups excluding carboxylic acids is 1. The molecule has 3 aromatic heterocycles. The summed E-state index contributed by atoms with van der Waals surface area (Å²) >= 11 is 1.31. The zero-order valence-corrected chi connectivity index (χ0v) is 18.7. The normalized spacial score (nSPS) is 11.5. The van der Waals surface area contributed by atoms with Crippen LogP contribution < -0.4 is 5.32 Å². The number of carbonyl (C=O) groups is 1. The number of hydrogen-bond acceptors (Lipinski definition) is 7. The lowest BCUT2D eigenvalue weighted by atomic mass is 10.2. The lowest BCUT2D eigenvalue weighted by Crippen LogP contribution is -2.17. The largest absolute Gasteiger partial charge is 0.296 e. The van der Waals surface area contributed by atoms with Crippen molar-refractivity contribution in [1.29, 1.82) is 0 Å². The number of benzene rings is 1. The van der Waals surface area contributed by atoms with E-state index >= 15 is 0 Å². The van der Waals surface area contributed by atoms with Gasteiger partial charge >= 0.3 is 0 Å². The number of hydrogen-bond donors (Lipinski definition) is 1. The van der Waals surface area contributed by atoms with E-state index in [4.69, 9.17) is 0 Å². The molecule has 4 aromatic rings. The van der Waals surface area contributed by atoms with Crippen LogP contribution in [0.15, 0.2) is 58.9 Å². The highest BCUT2D eigenvalue weighted by Gasteiger charge is 2.18. The fraction of sp³-hybridized carbons (Fsp3) is 0.143. The zero-order valence-electron chi connectivity index (χ0n) is 17.0. The van der Waals surface area contributed by atoms with Gasteiger partial charge in [-0.25, -0.2) is 18.1 Å². The number of anilines is 1. The van der Waals surface area contributed by atoms with Gasteiger partial charge < -0.3 is 0 Å². The molecule has 8 nitrogen and oxygen atoms in total. The molecule has 3 heterocycles. The molecule has 0 fully saturated rings. The molecule has 0 saturated heterocycles. The minimum absolute atomic E-state index is 0.200. The first kappa shape index (κ1) is 20.9. The van der Waals surface area contributed by atoms with Gasteiger partial charge in [0.25, 0.3) is 5.91 Å². The van der Waals surface area contributed by atoms with Gasteiger partial charge in [-0.2, -0.15) is 5.10 Å². The molecular formula is C21H19N5O3S2. The maximum atomic E-state index is 12.9. The molecule has 31 heavy (non-hydrogen) atoms. The first-order chi connectivity index (χ1) is 14.7. The van der Waals surface area contributed by atoms with Gasteiger partial charge in [0.1, 0.15) is 11.4 Å². The quantitative estimate of drug-likeness (QED) is 0.494. The predicted molar refractivity (Wildman–Crippen MR) is 119 cm³/mol. The summed E-state index contributed by atoms with van der Waals surface area (Å²) in [6.45, 7) is 3.74. The zero-order chi connectivity index (χ0) is 22.2. The van der Waals surface area contributed by atoms with E-state index in [1.165, 1.54) is 28.2 Å². The molecule has 0 aliphatic heterocycles. The summed E-state index contributed by atoms with van der Waals surface area (Å²) in [5, 5.41) is 9.48.